The second-order valence-electron chi connectivity index (χ2n) is 5.55. The van der Waals surface area contributed by atoms with Crippen LogP contribution in [0.3, 0.4) is 0 Å². The highest BCUT2D eigenvalue weighted by atomic mass is 16.6. The van der Waals surface area contributed by atoms with Crippen LogP contribution >= 0.6 is 0 Å². The highest BCUT2D eigenvalue weighted by molar-refractivity contribution is 4.87. The van der Waals surface area contributed by atoms with E-state index in [4.69, 9.17) is 14.6 Å². The molecule has 0 spiro atoms. The maximum atomic E-state index is 9.88. The lowest BCUT2D eigenvalue weighted by Crippen LogP contribution is -2.55. The van der Waals surface area contributed by atoms with Crippen LogP contribution in [0.15, 0.2) is 12.2 Å². The zero-order chi connectivity index (χ0) is 15.5. The van der Waals surface area contributed by atoms with Gasteiger partial charge in [0.05, 0.1) is 13.2 Å². The van der Waals surface area contributed by atoms with Gasteiger partial charge in [0, 0.05) is 6.61 Å². The summed E-state index contributed by atoms with van der Waals surface area (Å²) in [4.78, 5) is 0. The molecule has 4 atom stereocenters. The fraction of sp³-hybridized carbons (Fsp3) is 0.875. The number of allylic oxidation sites excluding steroid dienone is 2. The van der Waals surface area contributed by atoms with Gasteiger partial charge in [0.25, 0.3) is 0 Å². The summed E-state index contributed by atoms with van der Waals surface area (Å²) >= 11 is 0. The average Bonchev–Trinajstić information content (AvgIpc) is 2.50. The van der Waals surface area contributed by atoms with E-state index in [-0.39, 0.29) is 13.2 Å². The summed E-state index contributed by atoms with van der Waals surface area (Å²) in [7, 11) is 0. The summed E-state index contributed by atoms with van der Waals surface area (Å²) in [5.74, 6) is 0. The van der Waals surface area contributed by atoms with Gasteiger partial charge in [0.1, 0.15) is 24.4 Å². The van der Waals surface area contributed by atoms with Gasteiger partial charge in [-0.2, -0.15) is 0 Å². The number of hydrogen-bond donors (Lipinski definition) is 3. The molecule has 21 heavy (non-hydrogen) atoms. The van der Waals surface area contributed by atoms with Gasteiger partial charge in [-0.25, -0.2) is 0 Å². The smallest absolute Gasteiger partial charge is 0.111 e. The second kappa shape index (κ2) is 11.2. The van der Waals surface area contributed by atoms with Gasteiger partial charge >= 0.3 is 0 Å². The van der Waals surface area contributed by atoms with E-state index in [1.165, 1.54) is 12.8 Å². The first-order valence-corrected chi connectivity index (χ1v) is 8.05. The summed E-state index contributed by atoms with van der Waals surface area (Å²) in [6.07, 6.45) is 7.78. The van der Waals surface area contributed by atoms with Gasteiger partial charge in [-0.3, -0.25) is 0 Å². The number of ether oxygens (including phenoxy) is 2. The van der Waals surface area contributed by atoms with Crippen molar-refractivity contribution in [1.82, 2.24) is 0 Å². The number of unbranched alkanes of at least 4 members (excludes halogenated alkanes) is 4. The largest absolute Gasteiger partial charge is 0.394 e. The van der Waals surface area contributed by atoms with Crippen molar-refractivity contribution in [3.8, 4) is 0 Å². The number of aliphatic hydroxyl groups excluding tert-OH is 3. The van der Waals surface area contributed by atoms with Crippen molar-refractivity contribution in [2.24, 2.45) is 0 Å². The van der Waals surface area contributed by atoms with Gasteiger partial charge in [0.2, 0.25) is 0 Å². The van der Waals surface area contributed by atoms with E-state index < -0.39 is 24.4 Å². The lowest BCUT2D eigenvalue weighted by Gasteiger charge is -2.36. The molecule has 1 heterocycles. The number of aliphatic hydroxyl groups is 3. The zero-order valence-electron chi connectivity index (χ0n) is 13.0. The maximum absolute atomic E-state index is 9.88. The third kappa shape index (κ3) is 6.89. The second-order valence-corrected chi connectivity index (χ2v) is 5.55. The van der Waals surface area contributed by atoms with Crippen LogP contribution in [0.1, 0.15) is 45.4 Å². The van der Waals surface area contributed by atoms with Gasteiger partial charge in [0.15, 0.2) is 0 Å². The van der Waals surface area contributed by atoms with Gasteiger partial charge in [-0.05, 0) is 25.7 Å². The fourth-order valence-electron chi connectivity index (χ4n) is 2.32. The predicted molar refractivity (Wildman–Crippen MR) is 81.1 cm³/mol. The Labute approximate surface area is 127 Å². The Balaban J connectivity index is 2.06. The average molecular weight is 302 g/mol. The normalized spacial score (nSPS) is 30.1. The van der Waals surface area contributed by atoms with Crippen LogP contribution in [0.25, 0.3) is 0 Å². The van der Waals surface area contributed by atoms with E-state index in [0.29, 0.717) is 6.61 Å². The Morgan fingerprint density at radius 1 is 1.10 bits per heavy atom. The summed E-state index contributed by atoms with van der Waals surface area (Å²) in [5.41, 5.74) is 0. The molecular formula is C16H30O5. The quantitative estimate of drug-likeness (QED) is 0.420. The van der Waals surface area contributed by atoms with Crippen molar-refractivity contribution in [1.29, 1.82) is 0 Å². The highest BCUT2D eigenvalue weighted by Gasteiger charge is 2.38. The molecule has 0 radical (unpaired) electrons. The fourth-order valence-corrected chi connectivity index (χ4v) is 2.32. The minimum absolute atomic E-state index is 0.209. The van der Waals surface area contributed by atoms with Crippen LogP contribution in [-0.4, -0.2) is 59.6 Å². The molecule has 1 saturated heterocycles. The molecule has 1 aliphatic rings. The van der Waals surface area contributed by atoms with Crippen LogP contribution < -0.4 is 0 Å². The molecule has 0 aromatic rings. The molecule has 1 fully saturated rings. The van der Waals surface area contributed by atoms with E-state index in [1.54, 1.807) is 0 Å². The zero-order valence-corrected chi connectivity index (χ0v) is 13.0. The Kier molecular flexibility index (Phi) is 9.87. The van der Waals surface area contributed by atoms with Crippen LogP contribution in [0.5, 0.6) is 0 Å². The topological polar surface area (TPSA) is 79.2 Å². The lowest BCUT2D eigenvalue weighted by molar-refractivity contribution is -0.208. The van der Waals surface area contributed by atoms with E-state index in [9.17, 15) is 10.2 Å². The molecule has 5 nitrogen and oxygen atoms in total. The lowest BCUT2D eigenvalue weighted by atomic mass is 10.0. The predicted octanol–water partition coefficient (Wildman–Crippen LogP) is 1.40. The molecule has 0 unspecified atom stereocenters. The summed E-state index contributed by atoms with van der Waals surface area (Å²) < 4.78 is 10.8. The third-order valence-corrected chi connectivity index (χ3v) is 3.75. The molecule has 3 N–H and O–H groups in total. The SMILES string of the molecule is CCCC/C=C/CCCCO[C@H]1CO[C@H](CO)[C@@H](O)[C@@H]1O. The van der Waals surface area contributed by atoms with E-state index in [0.717, 1.165) is 25.7 Å². The van der Waals surface area contributed by atoms with Crippen molar-refractivity contribution in [3.63, 3.8) is 0 Å². The minimum atomic E-state index is -1.09. The number of rotatable bonds is 10. The van der Waals surface area contributed by atoms with Crippen LogP contribution in [0.4, 0.5) is 0 Å². The van der Waals surface area contributed by atoms with Gasteiger partial charge < -0.3 is 24.8 Å². The van der Waals surface area contributed by atoms with Crippen LogP contribution in [0.2, 0.25) is 0 Å². The molecule has 0 saturated carbocycles. The molecule has 0 aromatic heterocycles. The van der Waals surface area contributed by atoms with Gasteiger partial charge in [-0.15, -0.1) is 0 Å². The minimum Gasteiger partial charge on any atom is -0.394 e. The molecule has 124 valence electrons. The molecular weight excluding hydrogens is 272 g/mol. The van der Waals surface area contributed by atoms with Crippen molar-refractivity contribution >= 4 is 0 Å². The first-order valence-electron chi connectivity index (χ1n) is 8.05. The maximum Gasteiger partial charge on any atom is 0.111 e. The Morgan fingerprint density at radius 2 is 1.81 bits per heavy atom. The van der Waals surface area contributed by atoms with E-state index in [1.807, 2.05) is 0 Å². The number of hydrogen-bond acceptors (Lipinski definition) is 5. The summed E-state index contributed by atoms with van der Waals surface area (Å²) in [6.45, 7) is 2.65. The van der Waals surface area contributed by atoms with E-state index in [2.05, 4.69) is 19.1 Å². The molecule has 1 aliphatic heterocycles. The van der Waals surface area contributed by atoms with Crippen molar-refractivity contribution in [2.45, 2.75) is 69.9 Å². The monoisotopic (exact) mass is 302 g/mol. The van der Waals surface area contributed by atoms with Gasteiger partial charge in [-0.1, -0.05) is 31.9 Å². The molecule has 1 rings (SSSR count). The summed E-state index contributed by atoms with van der Waals surface area (Å²) in [5, 5.41) is 28.6. The van der Waals surface area contributed by atoms with E-state index >= 15 is 0 Å². The highest BCUT2D eigenvalue weighted by Crippen LogP contribution is 2.18. The summed E-state index contributed by atoms with van der Waals surface area (Å²) in [6, 6.07) is 0. The van der Waals surface area contributed by atoms with Crippen molar-refractivity contribution < 1.29 is 24.8 Å². The first kappa shape index (κ1) is 18.6. The Hall–Kier alpha value is -0.460. The molecule has 0 aliphatic carbocycles. The van der Waals surface area contributed by atoms with Crippen LogP contribution in [0, 0.1) is 0 Å². The first-order chi connectivity index (χ1) is 10.2. The molecule has 5 heteroatoms. The van der Waals surface area contributed by atoms with Crippen molar-refractivity contribution in [3.05, 3.63) is 12.2 Å². The third-order valence-electron chi connectivity index (χ3n) is 3.75. The standard InChI is InChI=1S/C16H30O5/c1-2-3-4-5-6-7-8-9-10-20-14-12-21-13(11-17)15(18)16(14)19/h5-6,13-19H,2-4,7-12H2,1H3/b6-5+/t13-,14+,15-,16-/m1/s1. The Morgan fingerprint density at radius 3 is 2.48 bits per heavy atom. The Bertz CT molecular complexity index is 282. The molecule has 0 bridgehead atoms. The van der Waals surface area contributed by atoms with Crippen LogP contribution in [-0.2, 0) is 9.47 Å². The molecule has 0 amide bonds. The van der Waals surface area contributed by atoms with Crippen molar-refractivity contribution in [2.75, 3.05) is 19.8 Å². The molecule has 0 aromatic carbocycles.